The first-order chi connectivity index (χ1) is 9.77. The Labute approximate surface area is 120 Å². The topological polar surface area (TPSA) is 24.7 Å². The van der Waals surface area contributed by atoms with Crippen LogP contribution < -0.4 is 0 Å². The lowest BCUT2D eigenvalue weighted by molar-refractivity contribution is 0.568. The molecule has 1 heterocycles. The van der Waals surface area contributed by atoms with Crippen molar-refractivity contribution in [3.05, 3.63) is 59.7 Å². The third kappa shape index (κ3) is 2.38. The molecule has 0 spiro atoms. The van der Waals surface area contributed by atoms with Crippen LogP contribution in [0.25, 0.3) is 0 Å². The molecule has 1 aromatic rings. The predicted octanol–water partition coefficient (Wildman–Crippen LogP) is 4.29. The Bertz CT molecular complexity index is 608. The lowest BCUT2D eigenvalue weighted by atomic mass is 9.81. The van der Waals surface area contributed by atoms with Crippen LogP contribution in [0.15, 0.2) is 58.6 Å². The Balaban J connectivity index is 1.89. The van der Waals surface area contributed by atoms with Gasteiger partial charge in [0.25, 0.3) is 0 Å². The standard InChI is InChI=1S/C18H20N2/c1-13-8-6-7-11-16(13)18-14(2)17(19-12-20-18)15-9-4-3-5-10-15/h3-9,11-12,14-15,18H,10H2,1-2H3/t14-,15?,18?/m0/s1. The summed E-state index contributed by atoms with van der Waals surface area (Å²) in [5.41, 5.74) is 3.88. The monoisotopic (exact) mass is 264 g/mol. The van der Waals surface area contributed by atoms with Gasteiger partial charge in [0, 0.05) is 17.5 Å². The van der Waals surface area contributed by atoms with Crippen LogP contribution in [-0.4, -0.2) is 12.1 Å². The molecule has 1 aliphatic heterocycles. The van der Waals surface area contributed by atoms with Crippen LogP contribution in [0.1, 0.15) is 30.5 Å². The SMILES string of the molecule is Cc1ccccc1C1N=CN=C(C2C=CC=CC2)[C@@H]1C. The third-order valence-corrected chi connectivity index (χ3v) is 4.24. The zero-order valence-corrected chi connectivity index (χ0v) is 12.0. The number of aliphatic imine (C=N–C) groups is 2. The van der Waals surface area contributed by atoms with Crippen molar-refractivity contribution in [2.45, 2.75) is 26.3 Å². The summed E-state index contributed by atoms with van der Waals surface area (Å²) in [7, 11) is 0. The van der Waals surface area contributed by atoms with Crippen LogP contribution in [0.3, 0.4) is 0 Å². The minimum absolute atomic E-state index is 0.197. The molecule has 2 heteroatoms. The van der Waals surface area contributed by atoms with Crippen molar-refractivity contribution in [1.82, 2.24) is 0 Å². The average molecular weight is 264 g/mol. The number of allylic oxidation sites excluding steroid dienone is 4. The molecule has 0 N–H and O–H groups in total. The van der Waals surface area contributed by atoms with E-state index in [0.717, 1.165) is 6.42 Å². The first kappa shape index (κ1) is 13.0. The van der Waals surface area contributed by atoms with Crippen molar-refractivity contribution in [3.63, 3.8) is 0 Å². The molecule has 0 saturated carbocycles. The number of benzene rings is 1. The van der Waals surface area contributed by atoms with E-state index in [1.807, 2.05) is 0 Å². The minimum atomic E-state index is 0.197. The Kier molecular flexibility index (Phi) is 3.64. The van der Waals surface area contributed by atoms with Crippen LogP contribution in [0.4, 0.5) is 0 Å². The maximum absolute atomic E-state index is 4.63. The average Bonchev–Trinajstić information content (AvgIpc) is 2.49. The fourth-order valence-corrected chi connectivity index (χ4v) is 3.08. The van der Waals surface area contributed by atoms with E-state index in [1.54, 1.807) is 6.34 Å². The molecule has 0 fully saturated rings. The maximum atomic E-state index is 4.63. The number of rotatable bonds is 2. The quantitative estimate of drug-likeness (QED) is 0.761. The third-order valence-electron chi connectivity index (χ3n) is 4.24. The van der Waals surface area contributed by atoms with Gasteiger partial charge in [-0.3, -0.25) is 4.99 Å². The van der Waals surface area contributed by atoms with E-state index in [0.29, 0.717) is 11.8 Å². The fraction of sp³-hybridized carbons (Fsp3) is 0.333. The molecule has 1 aromatic carbocycles. The van der Waals surface area contributed by atoms with Gasteiger partial charge in [-0.25, -0.2) is 4.99 Å². The molecule has 0 radical (unpaired) electrons. The Morgan fingerprint density at radius 1 is 1.15 bits per heavy atom. The molecule has 1 aliphatic carbocycles. The van der Waals surface area contributed by atoms with Gasteiger partial charge in [0.05, 0.1) is 6.04 Å². The molecule has 3 rings (SSSR count). The zero-order chi connectivity index (χ0) is 13.9. The molecule has 20 heavy (non-hydrogen) atoms. The van der Waals surface area contributed by atoms with Gasteiger partial charge in [-0.1, -0.05) is 55.5 Å². The van der Waals surface area contributed by atoms with E-state index in [2.05, 4.69) is 72.4 Å². The smallest absolute Gasteiger partial charge is 0.110 e. The molecule has 2 unspecified atom stereocenters. The lowest BCUT2D eigenvalue weighted by Gasteiger charge is -2.29. The van der Waals surface area contributed by atoms with Crippen LogP contribution >= 0.6 is 0 Å². The Morgan fingerprint density at radius 2 is 2.00 bits per heavy atom. The van der Waals surface area contributed by atoms with Crippen molar-refractivity contribution >= 4 is 12.1 Å². The van der Waals surface area contributed by atoms with Crippen molar-refractivity contribution in [1.29, 1.82) is 0 Å². The highest BCUT2D eigenvalue weighted by atomic mass is 14.9. The summed E-state index contributed by atoms with van der Waals surface area (Å²) in [4.78, 5) is 9.21. The molecule has 102 valence electrons. The van der Waals surface area contributed by atoms with Gasteiger partial charge in [0.1, 0.15) is 6.34 Å². The fourth-order valence-electron chi connectivity index (χ4n) is 3.08. The van der Waals surface area contributed by atoms with Gasteiger partial charge < -0.3 is 0 Å². The summed E-state index contributed by atoms with van der Waals surface area (Å²) < 4.78 is 0. The normalized spacial score (nSPS) is 28.5. The van der Waals surface area contributed by atoms with Gasteiger partial charge in [-0.05, 0) is 24.5 Å². The molecule has 2 nitrogen and oxygen atoms in total. The summed E-state index contributed by atoms with van der Waals surface area (Å²) in [5, 5.41) is 0. The number of hydrogen-bond acceptors (Lipinski definition) is 2. The van der Waals surface area contributed by atoms with Crippen LogP contribution in [-0.2, 0) is 0 Å². The van der Waals surface area contributed by atoms with E-state index in [9.17, 15) is 0 Å². The Morgan fingerprint density at radius 3 is 2.75 bits per heavy atom. The van der Waals surface area contributed by atoms with Crippen LogP contribution in [0.5, 0.6) is 0 Å². The number of aryl methyl sites for hydroxylation is 1. The summed E-state index contributed by atoms with van der Waals surface area (Å²) >= 11 is 0. The molecule has 0 aromatic heterocycles. The van der Waals surface area contributed by atoms with Crippen molar-refractivity contribution in [2.75, 3.05) is 0 Å². The molecule has 0 amide bonds. The lowest BCUT2D eigenvalue weighted by Crippen LogP contribution is -2.28. The molecule has 2 aliphatic rings. The zero-order valence-electron chi connectivity index (χ0n) is 12.0. The molecule has 3 atom stereocenters. The summed E-state index contributed by atoms with van der Waals surface area (Å²) in [6, 6.07) is 8.72. The van der Waals surface area contributed by atoms with Crippen molar-refractivity contribution in [3.8, 4) is 0 Å². The first-order valence-electron chi connectivity index (χ1n) is 7.25. The molecular weight excluding hydrogens is 244 g/mol. The largest absolute Gasteiger partial charge is 0.265 e. The van der Waals surface area contributed by atoms with E-state index >= 15 is 0 Å². The molecule has 0 bridgehead atoms. The Hall–Kier alpha value is -1.96. The molecule has 0 saturated heterocycles. The van der Waals surface area contributed by atoms with Gasteiger partial charge in [-0.15, -0.1) is 0 Å². The van der Waals surface area contributed by atoms with Gasteiger partial charge in [-0.2, -0.15) is 0 Å². The second-order valence-corrected chi connectivity index (χ2v) is 5.56. The maximum Gasteiger partial charge on any atom is 0.110 e. The summed E-state index contributed by atoms with van der Waals surface area (Å²) in [5.74, 6) is 0.774. The highest BCUT2D eigenvalue weighted by Gasteiger charge is 2.29. The van der Waals surface area contributed by atoms with E-state index in [-0.39, 0.29) is 6.04 Å². The number of hydrogen-bond donors (Lipinski definition) is 0. The van der Waals surface area contributed by atoms with E-state index in [1.165, 1.54) is 16.8 Å². The number of nitrogens with zero attached hydrogens (tertiary/aromatic N) is 2. The predicted molar refractivity (Wildman–Crippen MR) is 85.4 cm³/mol. The second-order valence-electron chi connectivity index (χ2n) is 5.56. The first-order valence-corrected chi connectivity index (χ1v) is 7.25. The summed E-state index contributed by atoms with van der Waals surface area (Å²) in [6.45, 7) is 4.41. The van der Waals surface area contributed by atoms with Gasteiger partial charge in [0.2, 0.25) is 0 Å². The van der Waals surface area contributed by atoms with Crippen LogP contribution in [0.2, 0.25) is 0 Å². The minimum Gasteiger partial charge on any atom is -0.265 e. The van der Waals surface area contributed by atoms with Crippen molar-refractivity contribution < 1.29 is 0 Å². The van der Waals surface area contributed by atoms with E-state index in [4.69, 9.17) is 0 Å². The van der Waals surface area contributed by atoms with Gasteiger partial charge in [0.15, 0.2) is 0 Å². The highest BCUT2D eigenvalue weighted by molar-refractivity contribution is 5.97. The van der Waals surface area contributed by atoms with Crippen molar-refractivity contribution in [2.24, 2.45) is 21.8 Å². The van der Waals surface area contributed by atoms with E-state index < -0.39 is 0 Å². The van der Waals surface area contributed by atoms with Gasteiger partial charge >= 0.3 is 0 Å². The second kappa shape index (κ2) is 5.58. The summed E-state index contributed by atoms with van der Waals surface area (Å²) in [6.07, 6.45) is 11.5. The highest BCUT2D eigenvalue weighted by Crippen LogP contribution is 2.34. The van der Waals surface area contributed by atoms with Crippen LogP contribution in [0, 0.1) is 18.8 Å². The molecular formula is C18H20N2.